The van der Waals surface area contributed by atoms with Crippen LogP contribution in [0.15, 0.2) is 36.7 Å². The fourth-order valence-electron chi connectivity index (χ4n) is 3.14. The van der Waals surface area contributed by atoms with Crippen molar-refractivity contribution in [2.75, 3.05) is 39.8 Å². The zero-order valence-corrected chi connectivity index (χ0v) is 14.4. The molecule has 2 aromatic rings. The minimum Gasteiger partial charge on any atom is -0.347 e. The van der Waals surface area contributed by atoms with Gasteiger partial charge in [0.05, 0.1) is 6.04 Å². The molecule has 1 aliphatic rings. The van der Waals surface area contributed by atoms with E-state index < -0.39 is 0 Å². The first-order valence-electron chi connectivity index (χ1n) is 8.54. The van der Waals surface area contributed by atoms with Gasteiger partial charge in [0.1, 0.15) is 11.6 Å². The number of halogens is 1. The van der Waals surface area contributed by atoms with E-state index in [0.717, 1.165) is 44.1 Å². The summed E-state index contributed by atoms with van der Waals surface area (Å²) in [4.78, 5) is 12.4. The molecule has 0 spiro atoms. The molecule has 130 valence electrons. The number of nitrogens with one attached hydrogen (secondary N) is 2. The molecule has 1 aromatic heterocycles. The zero-order chi connectivity index (χ0) is 16.9. The molecule has 0 bridgehead atoms. The van der Waals surface area contributed by atoms with E-state index in [1.54, 1.807) is 6.20 Å². The Morgan fingerprint density at radius 2 is 1.92 bits per heavy atom. The highest BCUT2D eigenvalue weighted by Crippen LogP contribution is 2.19. The number of benzene rings is 1. The lowest BCUT2D eigenvalue weighted by Gasteiger charge is -2.37. The second kappa shape index (κ2) is 7.88. The Morgan fingerprint density at radius 1 is 1.21 bits per heavy atom. The van der Waals surface area contributed by atoms with Crippen molar-refractivity contribution in [2.24, 2.45) is 0 Å². The van der Waals surface area contributed by atoms with Gasteiger partial charge in [-0.15, -0.1) is 0 Å². The highest BCUT2D eigenvalue weighted by molar-refractivity contribution is 5.25. The van der Waals surface area contributed by atoms with Gasteiger partial charge in [-0.25, -0.2) is 9.37 Å². The summed E-state index contributed by atoms with van der Waals surface area (Å²) in [7, 11) is 2.17. The smallest absolute Gasteiger partial charge is 0.127 e. The number of H-pyrrole nitrogens is 1. The summed E-state index contributed by atoms with van der Waals surface area (Å²) in [6.45, 7) is 7.53. The van der Waals surface area contributed by atoms with Crippen molar-refractivity contribution in [1.82, 2.24) is 25.1 Å². The predicted octanol–water partition coefficient (Wildman–Crippen LogP) is 1.86. The molecule has 5 nitrogen and oxygen atoms in total. The summed E-state index contributed by atoms with van der Waals surface area (Å²) < 4.78 is 13.2. The normalized spacial score (nSPS) is 19.3. The van der Waals surface area contributed by atoms with Crippen LogP contribution in [0.2, 0.25) is 0 Å². The fraction of sp³-hybridized carbons (Fsp3) is 0.500. The summed E-state index contributed by atoms with van der Waals surface area (Å²) in [6, 6.07) is 7.01. The number of imidazole rings is 1. The third-order valence-electron chi connectivity index (χ3n) is 4.77. The number of aromatic nitrogens is 2. The summed E-state index contributed by atoms with van der Waals surface area (Å²) >= 11 is 0. The predicted molar refractivity (Wildman–Crippen MR) is 93.4 cm³/mol. The minimum absolute atomic E-state index is 0.0597. The molecule has 1 fully saturated rings. The van der Waals surface area contributed by atoms with E-state index in [1.165, 1.54) is 12.1 Å². The number of likely N-dealkylation sites (N-methyl/N-ethyl adjacent to an activating group) is 1. The highest BCUT2D eigenvalue weighted by atomic mass is 19.1. The molecule has 1 aromatic carbocycles. The number of aromatic amines is 1. The monoisotopic (exact) mass is 331 g/mol. The Kier molecular flexibility index (Phi) is 5.60. The summed E-state index contributed by atoms with van der Waals surface area (Å²) in [6.07, 6.45) is 3.56. The van der Waals surface area contributed by atoms with Crippen molar-refractivity contribution in [1.29, 1.82) is 0 Å². The Labute approximate surface area is 142 Å². The number of nitrogens with zero attached hydrogens (tertiary/aromatic N) is 3. The van der Waals surface area contributed by atoms with Gasteiger partial charge in [-0.1, -0.05) is 12.1 Å². The topological polar surface area (TPSA) is 47.2 Å². The van der Waals surface area contributed by atoms with Crippen LogP contribution in [0, 0.1) is 5.82 Å². The van der Waals surface area contributed by atoms with E-state index in [9.17, 15) is 4.39 Å². The maximum atomic E-state index is 13.2. The Morgan fingerprint density at radius 3 is 2.54 bits per heavy atom. The van der Waals surface area contributed by atoms with Crippen LogP contribution in [0.5, 0.6) is 0 Å². The van der Waals surface area contributed by atoms with Gasteiger partial charge in [0, 0.05) is 51.2 Å². The Bertz CT molecular complexity index is 605. The Balaban J connectivity index is 1.65. The molecule has 24 heavy (non-hydrogen) atoms. The average molecular weight is 331 g/mol. The standard InChI is InChI=1S/C18H26FN5/c1-14(24-11-9-23(2)10-12-24)13-22-17(18-20-7-8-21-18)15-3-5-16(19)6-4-15/h3-8,14,17,22H,9-13H2,1-2H3,(H,20,21)/t14-,17+/m1/s1. The van der Waals surface area contributed by atoms with Gasteiger partial charge in [-0.2, -0.15) is 0 Å². The average Bonchev–Trinajstić information content (AvgIpc) is 3.11. The first-order chi connectivity index (χ1) is 11.6. The van der Waals surface area contributed by atoms with Crippen LogP contribution < -0.4 is 5.32 Å². The number of hydrogen-bond donors (Lipinski definition) is 2. The third kappa shape index (κ3) is 4.20. The molecule has 0 radical (unpaired) electrons. The van der Waals surface area contributed by atoms with Crippen molar-refractivity contribution in [2.45, 2.75) is 19.0 Å². The molecule has 0 aliphatic carbocycles. The zero-order valence-electron chi connectivity index (χ0n) is 14.4. The van der Waals surface area contributed by atoms with Crippen LogP contribution >= 0.6 is 0 Å². The van der Waals surface area contributed by atoms with Gasteiger partial charge in [-0.3, -0.25) is 4.90 Å². The van der Waals surface area contributed by atoms with Crippen LogP contribution in [0.4, 0.5) is 4.39 Å². The second-order valence-electron chi connectivity index (χ2n) is 6.56. The largest absolute Gasteiger partial charge is 0.347 e. The van der Waals surface area contributed by atoms with E-state index in [-0.39, 0.29) is 11.9 Å². The lowest BCUT2D eigenvalue weighted by Crippen LogP contribution is -2.51. The van der Waals surface area contributed by atoms with Crippen molar-refractivity contribution < 1.29 is 4.39 Å². The first kappa shape index (κ1) is 17.1. The SMILES string of the molecule is C[C@H](CN[C@@H](c1ccc(F)cc1)c1ncc[nH]1)N1CCN(C)CC1. The molecule has 6 heteroatoms. The van der Waals surface area contributed by atoms with Gasteiger partial charge >= 0.3 is 0 Å². The fourth-order valence-corrected chi connectivity index (χ4v) is 3.14. The quantitative estimate of drug-likeness (QED) is 0.848. The molecule has 1 saturated heterocycles. The summed E-state index contributed by atoms with van der Waals surface area (Å²) in [5.41, 5.74) is 1.01. The molecular weight excluding hydrogens is 305 g/mol. The van der Waals surface area contributed by atoms with E-state index in [4.69, 9.17) is 0 Å². The molecule has 3 rings (SSSR count). The molecular formula is C18H26FN5. The Hall–Kier alpha value is -1.76. The van der Waals surface area contributed by atoms with Crippen LogP contribution in [0.3, 0.4) is 0 Å². The molecule has 2 heterocycles. The maximum Gasteiger partial charge on any atom is 0.127 e. The lowest BCUT2D eigenvalue weighted by molar-refractivity contribution is 0.117. The van der Waals surface area contributed by atoms with Gasteiger partial charge in [-0.05, 0) is 31.7 Å². The van der Waals surface area contributed by atoms with E-state index in [2.05, 4.69) is 39.1 Å². The van der Waals surface area contributed by atoms with Crippen molar-refractivity contribution in [3.8, 4) is 0 Å². The molecule has 0 saturated carbocycles. The van der Waals surface area contributed by atoms with Crippen molar-refractivity contribution in [3.63, 3.8) is 0 Å². The number of rotatable bonds is 6. The molecule has 2 N–H and O–H groups in total. The van der Waals surface area contributed by atoms with Gasteiger partial charge in [0.15, 0.2) is 0 Å². The maximum absolute atomic E-state index is 13.2. The van der Waals surface area contributed by atoms with Crippen LogP contribution in [0.1, 0.15) is 24.4 Å². The number of hydrogen-bond acceptors (Lipinski definition) is 4. The lowest BCUT2D eigenvalue weighted by atomic mass is 10.1. The minimum atomic E-state index is -0.220. The van der Waals surface area contributed by atoms with E-state index in [1.807, 2.05) is 18.3 Å². The van der Waals surface area contributed by atoms with Gasteiger partial charge in [0.25, 0.3) is 0 Å². The van der Waals surface area contributed by atoms with E-state index >= 15 is 0 Å². The molecule has 1 aliphatic heterocycles. The highest BCUT2D eigenvalue weighted by Gasteiger charge is 2.22. The summed E-state index contributed by atoms with van der Waals surface area (Å²) in [5.74, 6) is 0.634. The third-order valence-corrected chi connectivity index (χ3v) is 4.77. The molecule has 0 amide bonds. The molecule has 0 unspecified atom stereocenters. The van der Waals surface area contributed by atoms with Crippen molar-refractivity contribution >= 4 is 0 Å². The van der Waals surface area contributed by atoms with Crippen LogP contribution in [-0.2, 0) is 0 Å². The van der Waals surface area contributed by atoms with Gasteiger partial charge in [0.2, 0.25) is 0 Å². The number of piperazine rings is 1. The van der Waals surface area contributed by atoms with Crippen LogP contribution in [-0.4, -0.2) is 65.6 Å². The first-order valence-corrected chi connectivity index (χ1v) is 8.54. The van der Waals surface area contributed by atoms with Crippen LogP contribution in [0.25, 0.3) is 0 Å². The van der Waals surface area contributed by atoms with E-state index in [0.29, 0.717) is 6.04 Å². The summed E-state index contributed by atoms with van der Waals surface area (Å²) in [5, 5.41) is 3.59. The van der Waals surface area contributed by atoms with Gasteiger partial charge < -0.3 is 15.2 Å². The van der Waals surface area contributed by atoms with Crippen molar-refractivity contribution in [3.05, 3.63) is 53.9 Å². The second-order valence-corrected chi connectivity index (χ2v) is 6.56. The molecule has 2 atom stereocenters.